The van der Waals surface area contributed by atoms with Gasteiger partial charge in [-0.3, -0.25) is 4.79 Å². The molecule has 2 heterocycles. The Morgan fingerprint density at radius 1 is 1.27 bits per heavy atom. The van der Waals surface area contributed by atoms with Crippen LogP contribution in [0, 0.1) is 6.92 Å². The number of nitrogens with zero attached hydrogens (tertiary/aromatic N) is 4. The van der Waals surface area contributed by atoms with E-state index in [9.17, 15) is 4.79 Å². The van der Waals surface area contributed by atoms with E-state index >= 15 is 0 Å². The van der Waals surface area contributed by atoms with Crippen LogP contribution in [0.5, 0.6) is 0 Å². The van der Waals surface area contributed by atoms with Crippen molar-refractivity contribution in [3.05, 3.63) is 52.3 Å². The minimum absolute atomic E-state index is 0.00563. The molecule has 3 rings (SSSR count). The lowest BCUT2D eigenvalue weighted by Crippen LogP contribution is -2.38. The number of thioether (sulfide) groups is 1. The number of rotatable bonds is 7. The van der Waals surface area contributed by atoms with Crippen LogP contribution in [0.4, 0.5) is 5.69 Å². The fraction of sp³-hybridized carbons (Fsp3) is 0.333. The second-order valence-electron chi connectivity index (χ2n) is 5.98. The van der Waals surface area contributed by atoms with Crippen molar-refractivity contribution in [2.75, 3.05) is 10.7 Å². The third-order valence-corrected chi connectivity index (χ3v) is 5.21. The summed E-state index contributed by atoms with van der Waals surface area (Å²) in [7, 11) is 0. The zero-order valence-corrected chi connectivity index (χ0v) is 16.5. The first kappa shape index (κ1) is 18.6. The molecule has 0 bridgehead atoms. The number of benzene rings is 1. The molecule has 0 atom stereocenters. The molecule has 0 aliphatic carbocycles. The number of aromatic nitrogens is 3. The maximum absolute atomic E-state index is 12.7. The molecule has 136 valence electrons. The van der Waals surface area contributed by atoms with E-state index < -0.39 is 0 Å². The first-order valence-electron chi connectivity index (χ1n) is 8.26. The van der Waals surface area contributed by atoms with Gasteiger partial charge in [-0.2, -0.15) is 0 Å². The Balaban J connectivity index is 1.60. The number of amides is 1. The standard InChI is InChI=1S/C18H20N4O2S2/c1-12(2)22(15-7-5-4-6-8-15)17(23)11-26-18-21-20-16(24-18)9-14-10-25-13(3)19-14/h4-8,10,12H,9,11H2,1-3H3. The van der Waals surface area contributed by atoms with Crippen LogP contribution in [0.1, 0.15) is 30.4 Å². The summed E-state index contributed by atoms with van der Waals surface area (Å²) in [6.45, 7) is 5.95. The average molecular weight is 389 g/mol. The lowest BCUT2D eigenvalue weighted by atomic mass is 10.2. The Labute approximate surface area is 160 Å². The lowest BCUT2D eigenvalue weighted by molar-refractivity contribution is -0.116. The summed E-state index contributed by atoms with van der Waals surface area (Å²) in [5.41, 5.74) is 1.80. The highest BCUT2D eigenvalue weighted by atomic mass is 32.2. The number of anilines is 1. The van der Waals surface area contributed by atoms with Crippen molar-refractivity contribution in [1.29, 1.82) is 0 Å². The molecule has 0 aliphatic rings. The maximum Gasteiger partial charge on any atom is 0.277 e. The molecule has 8 heteroatoms. The van der Waals surface area contributed by atoms with Crippen molar-refractivity contribution in [3.63, 3.8) is 0 Å². The van der Waals surface area contributed by atoms with Crippen LogP contribution < -0.4 is 4.90 Å². The summed E-state index contributed by atoms with van der Waals surface area (Å²) in [6.07, 6.45) is 0.508. The van der Waals surface area contributed by atoms with Crippen LogP contribution in [0.2, 0.25) is 0 Å². The van der Waals surface area contributed by atoms with E-state index in [4.69, 9.17) is 4.42 Å². The number of aryl methyl sites for hydroxylation is 1. The van der Waals surface area contributed by atoms with Crippen LogP contribution in [0.3, 0.4) is 0 Å². The molecular weight excluding hydrogens is 368 g/mol. The van der Waals surface area contributed by atoms with E-state index in [1.807, 2.05) is 56.5 Å². The van der Waals surface area contributed by atoms with Gasteiger partial charge >= 0.3 is 0 Å². The van der Waals surface area contributed by atoms with Gasteiger partial charge in [-0.15, -0.1) is 21.5 Å². The second kappa shape index (κ2) is 8.46. The highest BCUT2D eigenvalue weighted by Crippen LogP contribution is 2.22. The van der Waals surface area contributed by atoms with Gasteiger partial charge in [0, 0.05) is 17.1 Å². The Morgan fingerprint density at radius 2 is 2.04 bits per heavy atom. The van der Waals surface area contributed by atoms with Crippen molar-refractivity contribution in [3.8, 4) is 0 Å². The highest BCUT2D eigenvalue weighted by molar-refractivity contribution is 7.99. The molecule has 1 amide bonds. The Hall–Kier alpha value is -2.19. The highest BCUT2D eigenvalue weighted by Gasteiger charge is 2.20. The van der Waals surface area contributed by atoms with Crippen molar-refractivity contribution in [2.45, 2.75) is 38.5 Å². The molecule has 0 saturated heterocycles. The minimum atomic E-state index is 0.00563. The van der Waals surface area contributed by atoms with Gasteiger partial charge in [-0.1, -0.05) is 30.0 Å². The second-order valence-corrected chi connectivity index (χ2v) is 7.97. The van der Waals surface area contributed by atoms with Gasteiger partial charge in [-0.05, 0) is 32.9 Å². The van der Waals surface area contributed by atoms with Crippen LogP contribution in [0.15, 0.2) is 45.4 Å². The van der Waals surface area contributed by atoms with Gasteiger partial charge in [0.15, 0.2) is 0 Å². The molecule has 26 heavy (non-hydrogen) atoms. The molecule has 0 saturated carbocycles. The molecule has 1 aromatic carbocycles. The maximum atomic E-state index is 12.7. The zero-order chi connectivity index (χ0) is 18.5. The molecule has 0 fully saturated rings. The number of carbonyl (C=O) groups is 1. The van der Waals surface area contributed by atoms with Crippen molar-refractivity contribution in [2.24, 2.45) is 0 Å². The molecule has 0 spiro atoms. The summed E-state index contributed by atoms with van der Waals surface area (Å²) >= 11 is 2.85. The number of hydrogen-bond donors (Lipinski definition) is 0. The molecular formula is C18H20N4O2S2. The van der Waals surface area contributed by atoms with Crippen molar-refractivity contribution < 1.29 is 9.21 Å². The predicted octanol–water partition coefficient (Wildman–Crippen LogP) is 3.96. The van der Waals surface area contributed by atoms with E-state index in [-0.39, 0.29) is 17.7 Å². The van der Waals surface area contributed by atoms with Crippen LogP contribution in [-0.2, 0) is 11.2 Å². The molecule has 0 radical (unpaired) electrons. The van der Waals surface area contributed by atoms with Gasteiger partial charge in [0.2, 0.25) is 11.8 Å². The van der Waals surface area contributed by atoms with Gasteiger partial charge in [0.25, 0.3) is 5.22 Å². The lowest BCUT2D eigenvalue weighted by Gasteiger charge is -2.26. The van der Waals surface area contributed by atoms with E-state index in [2.05, 4.69) is 15.2 Å². The topological polar surface area (TPSA) is 72.1 Å². The zero-order valence-electron chi connectivity index (χ0n) is 14.9. The summed E-state index contributed by atoms with van der Waals surface area (Å²) < 4.78 is 5.63. The summed E-state index contributed by atoms with van der Waals surface area (Å²) in [5.74, 6) is 0.755. The number of thiazole rings is 1. The molecule has 6 nitrogen and oxygen atoms in total. The SMILES string of the molecule is Cc1nc(Cc2nnc(SCC(=O)N(c3ccccc3)C(C)C)o2)cs1. The van der Waals surface area contributed by atoms with Gasteiger partial charge in [0.1, 0.15) is 0 Å². The van der Waals surface area contributed by atoms with E-state index in [1.54, 1.807) is 16.2 Å². The summed E-state index contributed by atoms with van der Waals surface area (Å²) in [5, 5.41) is 11.4. The third-order valence-electron chi connectivity index (χ3n) is 3.59. The summed E-state index contributed by atoms with van der Waals surface area (Å²) in [4.78, 5) is 18.8. The smallest absolute Gasteiger partial charge is 0.277 e. The average Bonchev–Trinajstić information content (AvgIpc) is 3.23. The van der Waals surface area contributed by atoms with E-state index in [0.29, 0.717) is 17.5 Å². The first-order valence-corrected chi connectivity index (χ1v) is 10.1. The third kappa shape index (κ3) is 4.70. The normalized spacial score (nSPS) is 11.1. The van der Waals surface area contributed by atoms with E-state index in [1.165, 1.54) is 11.8 Å². The fourth-order valence-electron chi connectivity index (χ4n) is 2.52. The Morgan fingerprint density at radius 3 is 2.69 bits per heavy atom. The number of carbonyl (C=O) groups excluding carboxylic acids is 1. The van der Waals surface area contributed by atoms with Crippen molar-refractivity contribution in [1.82, 2.24) is 15.2 Å². The monoisotopic (exact) mass is 388 g/mol. The quantitative estimate of drug-likeness (QED) is 0.571. The molecule has 0 unspecified atom stereocenters. The van der Waals surface area contributed by atoms with Crippen molar-refractivity contribution >= 4 is 34.7 Å². The molecule has 0 aliphatic heterocycles. The predicted molar refractivity (Wildman–Crippen MR) is 104 cm³/mol. The van der Waals surface area contributed by atoms with Crippen LogP contribution >= 0.6 is 23.1 Å². The minimum Gasteiger partial charge on any atom is -0.416 e. The number of para-hydroxylation sites is 1. The molecule has 0 N–H and O–H groups in total. The van der Waals surface area contributed by atoms with Crippen LogP contribution in [0.25, 0.3) is 0 Å². The fourth-order valence-corrected chi connectivity index (χ4v) is 3.78. The van der Waals surface area contributed by atoms with Crippen LogP contribution in [-0.4, -0.2) is 32.9 Å². The first-order chi connectivity index (χ1) is 12.5. The molecule has 2 aromatic heterocycles. The Kier molecular flexibility index (Phi) is 6.05. The van der Waals surface area contributed by atoms with Gasteiger partial charge < -0.3 is 9.32 Å². The van der Waals surface area contributed by atoms with Gasteiger partial charge in [-0.25, -0.2) is 4.98 Å². The largest absolute Gasteiger partial charge is 0.416 e. The van der Waals surface area contributed by atoms with Gasteiger partial charge in [0.05, 0.1) is 22.9 Å². The summed E-state index contributed by atoms with van der Waals surface area (Å²) in [6, 6.07) is 9.72. The molecule has 3 aromatic rings. The van der Waals surface area contributed by atoms with E-state index in [0.717, 1.165) is 16.4 Å². The Bertz CT molecular complexity index is 861. The number of hydrogen-bond acceptors (Lipinski definition) is 7.